The first-order chi connectivity index (χ1) is 15.8. The Kier molecular flexibility index (Phi) is 4.80. The largest absolute Gasteiger partial charge is 0.507 e. The topological polar surface area (TPSA) is 113 Å². The molecule has 0 spiro atoms. The molecule has 4 aromatic carbocycles. The van der Waals surface area contributed by atoms with E-state index in [0.29, 0.717) is 33.7 Å². The number of halogens is 1. The SMILES string of the molecule is COc1c(-c2ccc(F)cc2)cccc1-c1nc2c(cc(S(=O)(=O)O)c3cccc(O)c32)[nH]1. The van der Waals surface area contributed by atoms with E-state index in [4.69, 9.17) is 4.74 Å². The van der Waals surface area contributed by atoms with E-state index in [9.17, 15) is 22.5 Å². The zero-order valence-corrected chi connectivity index (χ0v) is 18.0. The number of nitrogens with zero attached hydrogens (tertiary/aromatic N) is 1. The van der Waals surface area contributed by atoms with Gasteiger partial charge < -0.3 is 14.8 Å². The molecule has 0 saturated carbocycles. The van der Waals surface area contributed by atoms with E-state index in [0.717, 1.165) is 5.56 Å². The maximum atomic E-state index is 13.4. The van der Waals surface area contributed by atoms with Crippen LogP contribution < -0.4 is 4.74 Å². The molecular weight excluding hydrogens is 447 g/mol. The van der Waals surface area contributed by atoms with E-state index in [-0.39, 0.29) is 27.2 Å². The molecule has 9 heteroatoms. The van der Waals surface area contributed by atoms with Crippen molar-refractivity contribution in [2.45, 2.75) is 4.90 Å². The third-order valence-electron chi connectivity index (χ3n) is 5.46. The number of rotatable bonds is 4. The number of phenolic OH excluding ortho intramolecular Hbond substituents is 1. The summed E-state index contributed by atoms with van der Waals surface area (Å²) in [7, 11) is -3.06. The van der Waals surface area contributed by atoms with Crippen LogP contribution in [0.25, 0.3) is 44.3 Å². The van der Waals surface area contributed by atoms with Gasteiger partial charge in [0.25, 0.3) is 10.1 Å². The minimum absolute atomic E-state index is 0.148. The molecule has 0 saturated heterocycles. The lowest BCUT2D eigenvalue weighted by atomic mass is 10.0. The predicted octanol–water partition coefficient (Wildman–Crippen LogP) is 5.15. The molecule has 0 radical (unpaired) electrons. The van der Waals surface area contributed by atoms with Gasteiger partial charge in [0.15, 0.2) is 0 Å². The average Bonchev–Trinajstić information content (AvgIpc) is 3.22. The molecule has 0 unspecified atom stereocenters. The Morgan fingerprint density at radius 3 is 2.39 bits per heavy atom. The van der Waals surface area contributed by atoms with Gasteiger partial charge >= 0.3 is 0 Å². The summed E-state index contributed by atoms with van der Waals surface area (Å²) < 4.78 is 52.8. The normalized spacial score (nSPS) is 11.8. The summed E-state index contributed by atoms with van der Waals surface area (Å²) in [6.07, 6.45) is 0. The highest BCUT2D eigenvalue weighted by Crippen LogP contribution is 2.41. The number of aromatic nitrogens is 2. The Bertz CT molecular complexity index is 1640. The zero-order chi connectivity index (χ0) is 23.3. The summed E-state index contributed by atoms with van der Waals surface area (Å²) in [5, 5.41) is 10.8. The number of phenols is 1. The number of hydrogen-bond acceptors (Lipinski definition) is 5. The summed E-state index contributed by atoms with van der Waals surface area (Å²) in [5.41, 5.74) is 2.66. The molecular formula is C24H17FN2O5S. The van der Waals surface area contributed by atoms with Crippen LogP contribution in [0.5, 0.6) is 11.5 Å². The van der Waals surface area contributed by atoms with Gasteiger partial charge in [0, 0.05) is 10.9 Å². The molecule has 166 valence electrons. The molecule has 0 aliphatic rings. The van der Waals surface area contributed by atoms with Crippen LogP contribution in [0.3, 0.4) is 0 Å². The summed E-state index contributed by atoms with van der Waals surface area (Å²) in [6.45, 7) is 0. The molecule has 5 rings (SSSR count). The highest BCUT2D eigenvalue weighted by atomic mass is 32.2. The number of aromatic amines is 1. The van der Waals surface area contributed by atoms with Crippen molar-refractivity contribution in [1.29, 1.82) is 0 Å². The maximum absolute atomic E-state index is 13.4. The highest BCUT2D eigenvalue weighted by Gasteiger charge is 2.22. The van der Waals surface area contributed by atoms with E-state index < -0.39 is 10.1 Å². The quantitative estimate of drug-likeness (QED) is 0.317. The number of para-hydroxylation sites is 1. The molecule has 0 bridgehead atoms. The minimum Gasteiger partial charge on any atom is -0.507 e. The van der Waals surface area contributed by atoms with Gasteiger partial charge in [-0.3, -0.25) is 4.55 Å². The first-order valence-electron chi connectivity index (χ1n) is 9.83. The molecule has 7 nitrogen and oxygen atoms in total. The van der Waals surface area contributed by atoms with Crippen molar-refractivity contribution < 1.29 is 27.2 Å². The van der Waals surface area contributed by atoms with Gasteiger partial charge in [-0.05, 0) is 35.9 Å². The van der Waals surface area contributed by atoms with E-state index in [1.54, 1.807) is 24.3 Å². The van der Waals surface area contributed by atoms with Gasteiger partial charge in [0.05, 0.1) is 23.6 Å². The van der Waals surface area contributed by atoms with E-state index in [1.807, 2.05) is 6.07 Å². The number of H-pyrrole nitrogens is 1. The monoisotopic (exact) mass is 464 g/mol. The number of benzene rings is 4. The van der Waals surface area contributed by atoms with Crippen LogP contribution in [0.1, 0.15) is 0 Å². The fraction of sp³-hybridized carbons (Fsp3) is 0.0417. The van der Waals surface area contributed by atoms with Gasteiger partial charge in [-0.15, -0.1) is 0 Å². The molecule has 0 atom stereocenters. The molecule has 1 aromatic heterocycles. The number of nitrogens with one attached hydrogen (secondary N) is 1. The van der Waals surface area contributed by atoms with Gasteiger partial charge in [-0.25, -0.2) is 9.37 Å². The lowest BCUT2D eigenvalue weighted by Crippen LogP contribution is -1.99. The summed E-state index contributed by atoms with van der Waals surface area (Å²) in [6, 6.07) is 17.1. The first-order valence-corrected chi connectivity index (χ1v) is 11.3. The van der Waals surface area contributed by atoms with Gasteiger partial charge in [0.2, 0.25) is 0 Å². The van der Waals surface area contributed by atoms with E-state index >= 15 is 0 Å². The van der Waals surface area contributed by atoms with Crippen LogP contribution in [-0.4, -0.2) is 35.2 Å². The summed E-state index contributed by atoms with van der Waals surface area (Å²) in [4.78, 5) is 7.34. The Morgan fingerprint density at radius 1 is 1.00 bits per heavy atom. The maximum Gasteiger partial charge on any atom is 0.295 e. The molecule has 0 aliphatic carbocycles. The van der Waals surface area contributed by atoms with Crippen LogP contribution in [-0.2, 0) is 10.1 Å². The predicted molar refractivity (Wildman–Crippen MR) is 122 cm³/mol. The van der Waals surface area contributed by atoms with E-state index in [1.165, 1.54) is 43.5 Å². The Labute approximate surface area is 187 Å². The molecule has 0 aliphatic heterocycles. The van der Waals surface area contributed by atoms with Crippen molar-refractivity contribution in [3.63, 3.8) is 0 Å². The molecule has 1 heterocycles. The highest BCUT2D eigenvalue weighted by molar-refractivity contribution is 7.86. The van der Waals surface area contributed by atoms with Gasteiger partial charge in [-0.2, -0.15) is 8.42 Å². The van der Waals surface area contributed by atoms with Crippen molar-refractivity contribution in [3.8, 4) is 34.0 Å². The lowest BCUT2D eigenvalue weighted by Gasteiger charge is -2.12. The van der Waals surface area contributed by atoms with Crippen LogP contribution in [0, 0.1) is 5.82 Å². The number of imidazole rings is 1. The van der Waals surface area contributed by atoms with Gasteiger partial charge in [0.1, 0.15) is 33.6 Å². The first kappa shape index (κ1) is 20.9. The average molecular weight is 464 g/mol. The van der Waals surface area contributed by atoms with Crippen LogP contribution in [0.4, 0.5) is 4.39 Å². The molecule has 33 heavy (non-hydrogen) atoms. The molecule has 0 fully saturated rings. The number of ether oxygens (including phenoxy) is 1. The van der Waals surface area contributed by atoms with Crippen molar-refractivity contribution in [2.24, 2.45) is 0 Å². The molecule has 0 amide bonds. The summed E-state index contributed by atoms with van der Waals surface area (Å²) in [5.74, 6) is 0.315. The van der Waals surface area contributed by atoms with Crippen molar-refractivity contribution in [1.82, 2.24) is 9.97 Å². The van der Waals surface area contributed by atoms with Crippen molar-refractivity contribution >= 4 is 31.9 Å². The van der Waals surface area contributed by atoms with Crippen LogP contribution in [0.15, 0.2) is 71.6 Å². The van der Waals surface area contributed by atoms with E-state index in [2.05, 4.69) is 9.97 Å². The number of hydrogen-bond donors (Lipinski definition) is 3. The Morgan fingerprint density at radius 2 is 1.70 bits per heavy atom. The second-order valence-corrected chi connectivity index (χ2v) is 8.81. The lowest BCUT2D eigenvalue weighted by molar-refractivity contribution is 0.418. The minimum atomic E-state index is -4.57. The number of fused-ring (bicyclic) bond motifs is 3. The molecule has 5 aromatic rings. The molecule has 3 N–H and O–H groups in total. The second kappa shape index (κ2) is 7.58. The standard InChI is InChI=1S/C24H17FN2O5S/c1-32-23-15(13-8-10-14(25)11-9-13)4-2-6-17(23)24-26-18-12-20(33(29,30)31)16-5-3-7-19(28)21(16)22(18)27-24/h2-12,28H,1H3,(H,26,27)(H,29,30,31). The Hall–Kier alpha value is -3.95. The van der Waals surface area contributed by atoms with Crippen molar-refractivity contribution in [3.05, 3.63) is 72.5 Å². The van der Waals surface area contributed by atoms with Crippen molar-refractivity contribution in [2.75, 3.05) is 7.11 Å². The van der Waals surface area contributed by atoms with Crippen LogP contribution in [0.2, 0.25) is 0 Å². The fourth-order valence-corrected chi connectivity index (χ4v) is 4.74. The Balaban J connectivity index is 1.80. The summed E-state index contributed by atoms with van der Waals surface area (Å²) >= 11 is 0. The smallest absolute Gasteiger partial charge is 0.295 e. The second-order valence-electron chi connectivity index (χ2n) is 7.42. The van der Waals surface area contributed by atoms with Gasteiger partial charge in [-0.1, -0.05) is 36.4 Å². The van der Waals surface area contributed by atoms with Crippen LogP contribution >= 0.6 is 0 Å². The third-order valence-corrected chi connectivity index (χ3v) is 6.35. The fourth-order valence-electron chi connectivity index (χ4n) is 4.03. The number of methoxy groups -OCH3 is 1. The number of aromatic hydroxyl groups is 1. The zero-order valence-electron chi connectivity index (χ0n) is 17.2. The third kappa shape index (κ3) is 3.47.